The van der Waals surface area contributed by atoms with Gasteiger partial charge in [-0.2, -0.15) is 0 Å². The zero-order valence-corrected chi connectivity index (χ0v) is 12.6. The van der Waals surface area contributed by atoms with Gasteiger partial charge >= 0.3 is 0 Å². The van der Waals surface area contributed by atoms with Crippen LogP contribution >= 0.6 is 0 Å². The summed E-state index contributed by atoms with van der Waals surface area (Å²) in [5.74, 6) is 1.90. The van der Waals surface area contributed by atoms with Crippen LogP contribution in [-0.2, 0) is 16.0 Å². The minimum atomic E-state index is 0.313. The molecule has 0 radical (unpaired) electrons. The van der Waals surface area contributed by atoms with Crippen molar-refractivity contribution in [2.75, 3.05) is 19.8 Å². The Labute approximate surface area is 126 Å². The smallest absolute Gasteiger partial charge is 0.117 e. The van der Waals surface area contributed by atoms with Crippen LogP contribution in [-0.4, -0.2) is 42.9 Å². The van der Waals surface area contributed by atoms with Crippen molar-refractivity contribution in [1.82, 2.24) is 4.90 Å². The van der Waals surface area contributed by atoms with Gasteiger partial charge in [0.1, 0.15) is 5.76 Å². The van der Waals surface area contributed by atoms with Gasteiger partial charge in [-0.05, 0) is 50.2 Å². The Morgan fingerprint density at radius 2 is 2.10 bits per heavy atom. The van der Waals surface area contributed by atoms with Crippen molar-refractivity contribution in [3.05, 3.63) is 24.2 Å². The van der Waals surface area contributed by atoms with E-state index in [9.17, 15) is 0 Å². The van der Waals surface area contributed by atoms with E-state index in [1.165, 1.54) is 19.3 Å². The van der Waals surface area contributed by atoms with Crippen LogP contribution in [0, 0.1) is 5.92 Å². The van der Waals surface area contributed by atoms with E-state index < -0.39 is 0 Å². The molecular weight excluding hydrogens is 266 g/mol. The first-order chi connectivity index (χ1) is 10.4. The average Bonchev–Trinajstić information content (AvgIpc) is 3.03. The van der Waals surface area contributed by atoms with Crippen molar-refractivity contribution in [2.45, 2.75) is 56.9 Å². The lowest BCUT2D eigenvalue weighted by Crippen LogP contribution is -2.43. The Hall–Kier alpha value is -0.840. The number of rotatable bonds is 6. The highest BCUT2D eigenvalue weighted by atomic mass is 16.5. The standard InChI is InChI=1S/C17H25NO3/c1-2-14(20-9-1)10-18-8-7-17-16(18)6-5-15(21-17)12-19-11-13-3-4-13/h1-2,9,13,15-17H,3-8,10-12H2/t15-,16-,17-/m1/s1. The highest BCUT2D eigenvalue weighted by Gasteiger charge is 2.40. The number of hydrogen-bond donors (Lipinski definition) is 0. The third-order valence-electron chi connectivity index (χ3n) is 5.04. The molecular formula is C17H25NO3. The maximum Gasteiger partial charge on any atom is 0.117 e. The van der Waals surface area contributed by atoms with Crippen LogP contribution in [0.1, 0.15) is 37.9 Å². The monoisotopic (exact) mass is 291 g/mol. The van der Waals surface area contributed by atoms with E-state index in [-0.39, 0.29) is 0 Å². The molecule has 0 aromatic carbocycles. The summed E-state index contributed by atoms with van der Waals surface area (Å²) in [5.41, 5.74) is 0. The van der Waals surface area contributed by atoms with Gasteiger partial charge in [-0.3, -0.25) is 4.90 Å². The van der Waals surface area contributed by atoms with Crippen molar-refractivity contribution < 1.29 is 13.9 Å². The quantitative estimate of drug-likeness (QED) is 0.807. The molecule has 2 aliphatic heterocycles. The summed E-state index contributed by atoms with van der Waals surface area (Å²) in [4.78, 5) is 2.52. The van der Waals surface area contributed by atoms with E-state index in [2.05, 4.69) is 11.0 Å². The Morgan fingerprint density at radius 3 is 2.90 bits per heavy atom. The van der Waals surface area contributed by atoms with E-state index in [1.807, 2.05) is 6.07 Å². The van der Waals surface area contributed by atoms with Gasteiger partial charge in [-0.15, -0.1) is 0 Å². The zero-order valence-electron chi connectivity index (χ0n) is 12.6. The number of ether oxygens (including phenoxy) is 2. The Bertz CT molecular complexity index is 443. The second kappa shape index (κ2) is 6.11. The maximum absolute atomic E-state index is 6.26. The van der Waals surface area contributed by atoms with Crippen LogP contribution in [0.5, 0.6) is 0 Å². The summed E-state index contributed by atoms with van der Waals surface area (Å²) in [7, 11) is 0. The van der Waals surface area contributed by atoms with Gasteiger partial charge in [0, 0.05) is 19.2 Å². The fourth-order valence-electron chi connectivity index (χ4n) is 3.66. The molecule has 4 heteroatoms. The molecule has 1 aromatic rings. The molecule has 2 saturated heterocycles. The number of hydrogen-bond acceptors (Lipinski definition) is 4. The van der Waals surface area contributed by atoms with Crippen molar-refractivity contribution in [2.24, 2.45) is 5.92 Å². The molecule has 0 spiro atoms. The highest BCUT2D eigenvalue weighted by molar-refractivity contribution is 5.01. The van der Waals surface area contributed by atoms with Crippen LogP contribution in [0.3, 0.4) is 0 Å². The molecule has 1 aliphatic carbocycles. The van der Waals surface area contributed by atoms with E-state index in [0.29, 0.717) is 18.2 Å². The van der Waals surface area contributed by atoms with Crippen LogP contribution in [0.25, 0.3) is 0 Å². The molecule has 0 unspecified atom stereocenters. The van der Waals surface area contributed by atoms with Crippen LogP contribution in [0.2, 0.25) is 0 Å². The predicted molar refractivity (Wildman–Crippen MR) is 79.0 cm³/mol. The summed E-state index contributed by atoms with van der Waals surface area (Å²) in [6, 6.07) is 4.59. The van der Waals surface area contributed by atoms with Gasteiger partial charge in [0.05, 0.1) is 31.6 Å². The summed E-state index contributed by atoms with van der Waals surface area (Å²) in [6.45, 7) is 3.77. The summed E-state index contributed by atoms with van der Waals surface area (Å²) < 4.78 is 17.5. The lowest BCUT2D eigenvalue weighted by molar-refractivity contribution is -0.101. The predicted octanol–water partition coefficient (Wildman–Crippen LogP) is 2.83. The van der Waals surface area contributed by atoms with E-state index in [1.54, 1.807) is 6.26 Å². The third-order valence-corrected chi connectivity index (χ3v) is 5.04. The van der Waals surface area contributed by atoms with E-state index in [4.69, 9.17) is 13.9 Å². The molecule has 0 bridgehead atoms. The second-order valence-electron chi connectivity index (χ2n) is 6.76. The van der Waals surface area contributed by atoms with Crippen molar-refractivity contribution in [1.29, 1.82) is 0 Å². The SMILES string of the molecule is c1coc(CN2CC[C@H]3O[C@@H](COCC4CC4)CC[C@H]32)c1. The van der Waals surface area contributed by atoms with Gasteiger partial charge in [-0.25, -0.2) is 0 Å². The number of nitrogens with zero attached hydrogens (tertiary/aromatic N) is 1. The lowest BCUT2D eigenvalue weighted by Gasteiger charge is -2.35. The first-order valence-corrected chi connectivity index (χ1v) is 8.38. The van der Waals surface area contributed by atoms with Crippen LogP contribution in [0.4, 0.5) is 0 Å². The molecule has 3 fully saturated rings. The fourth-order valence-corrected chi connectivity index (χ4v) is 3.66. The Balaban J connectivity index is 1.25. The Kier molecular flexibility index (Phi) is 4.01. The first kappa shape index (κ1) is 13.8. The summed E-state index contributed by atoms with van der Waals surface area (Å²) in [6.07, 6.45) is 8.67. The first-order valence-electron chi connectivity index (χ1n) is 8.38. The average molecular weight is 291 g/mol. The van der Waals surface area contributed by atoms with E-state index >= 15 is 0 Å². The zero-order chi connectivity index (χ0) is 14.1. The number of likely N-dealkylation sites (tertiary alicyclic amines) is 1. The molecule has 1 aromatic heterocycles. The van der Waals surface area contributed by atoms with Crippen molar-refractivity contribution in [3.8, 4) is 0 Å². The van der Waals surface area contributed by atoms with E-state index in [0.717, 1.165) is 50.8 Å². The molecule has 4 nitrogen and oxygen atoms in total. The molecule has 1 saturated carbocycles. The highest BCUT2D eigenvalue weighted by Crippen LogP contribution is 2.33. The van der Waals surface area contributed by atoms with Crippen molar-refractivity contribution >= 4 is 0 Å². The van der Waals surface area contributed by atoms with Gasteiger partial charge in [-0.1, -0.05) is 0 Å². The molecule has 3 aliphatic rings. The van der Waals surface area contributed by atoms with Gasteiger partial charge in [0.2, 0.25) is 0 Å². The minimum absolute atomic E-state index is 0.313. The minimum Gasteiger partial charge on any atom is -0.468 e. The molecule has 21 heavy (non-hydrogen) atoms. The largest absolute Gasteiger partial charge is 0.468 e. The molecule has 4 rings (SSSR count). The summed E-state index contributed by atoms with van der Waals surface area (Å²) in [5, 5.41) is 0. The van der Waals surface area contributed by atoms with Crippen molar-refractivity contribution in [3.63, 3.8) is 0 Å². The van der Waals surface area contributed by atoms with Gasteiger partial charge < -0.3 is 13.9 Å². The molecule has 3 atom stereocenters. The lowest BCUT2D eigenvalue weighted by atomic mass is 9.99. The van der Waals surface area contributed by atoms with Crippen LogP contribution in [0.15, 0.2) is 22.8 Å². The number of furan rings is 1. The molecule has 0 N–H and O–H groups in total. The Morgan fingerprint density at radius 1 is 1.14 bits per heavy atom. The van der Waals surface area contributed by atoms with Gasteiger partial charge in [0.25, 0.3) is 0 Å². The third kappa shape index (κ3) is 3.33. The van der Waals surface area contributed by atoms with Gasteiger partial charge in [0.15, 0.2) is 0 Å². The van der Waals surface area contributed by atoms with Crippen LogP contribution < -0.4 is 0 Å². The second-order valence-corrected chi connectivity index (χ2v) is 6.76. The summed E-state index contributed by atoms with van der Waals surface area (Å²) >= 11 is 0. The molecule has 116 valence electrons. The fraction of sp³-hybridized carbons (Fsp3) is 0.765. The normalized spacial score (nSPS) is 33.2. The molecule has 0 amide bonds. The topological polar surface area (TPSA) is 34.8 Å². The maximum atomic E-state index is 6.26. The number of fused-ring (bicyclic) bond motifs is 1. The molecule has 3 heterocycles.